The maximum atomic E-state index is 13.5. The topological polar surface area (TPSA) is 111 Å². The minimum Gasteiger partial charge on any atom is -0.512 e. The molecule has 8 nitrogen and oxygen atoms in total. The zero-order chi connectivity index (χ0) is 29.1. The largest absolute Gasteiger partial charge is 0.512 e. The molecule has 0 fully saturated rings. The second-order valence-corrected chi connectivity index (χ2v) is 13.3. The fraction of sp³-hybridized carbons (Fsp3) is 0.419. The summed E-state index contributed by atoms with van der Waals surface area (Å²) < 4.78 is 36.7. The lowest BCUT2D eigenvalue weighted by atomic mass is 9.79. The van der Waals surface area contributed by atoms with Crippen LogP contribution in [0.25, 0.3) is 0 Å². The predicted octanol–water partition coefficient (Wildman–Crippen LogP) is 5.99. The van der Waals surface area contributed by atoms with E-state index in [1.165, 1.54) is 12.5 Å². The van der Waals surface area contributed by atoms with Crippen molar-refractivity contribution in [2.24, 2.45) is 7.05 Å². The number of rotatable bonds is 10. The Kier molecular flexibility index (Phi) is 8.44. The van der Waals surface area contributed by atoms with E-state index >= 15 is 0 Å². The van der Waals surface area contributed by atoms with E-state index in [9.17, 15) is 18.3 Å². The number of aryl methyl sites for hydroxylation is 2. The van der Waals surface area contributed by atoms with E-state index in [4.69, 9.17) is 4.74 Å². The third-order valence-electron chi connectivity index (χ3n) is 7.35. The predicted molar refractivity (Wildman–Crippen MR) is 156 cm³/mol. The molecule has 1 aromatic heterocycles. The van der Waals surface area contributed by atoms with Crippen molar-refractivity contribution >= 4 is 21.7 Å². The van der Waals surface area contributed by atoms with E-state index in [-0.39, 0.29) is 34.6 Å². The number of nitrogens with one attached hydrogen (secondary N) is 1. The average molecular weight is 566 g/mol. The molecule has 1 unspecified atom stereocenters. The molecule has 1 atom stereocenters. The van der Waals surface area contributed by atoms with E-state index in [2.05, 4.69) is 9.71 Å². The summed E-state index contributed by atoms with van der Waals surface area (Å²) in [5.74, 6) is -0.562. The number of hydrogen-bond donors (Lipinski definition) is 2. The molecule has 0 saturated carbocycles. The molecule has 0 amide bonds. The van der Waals surface area contributed by atoms with Gasteiger partial charge in [-0.15, -0.1) is 0 Å². The number of sulfonamides is 1. The van der Waals surface area contributed by atoms with Gasteiger partial charge >= 0.3 is 5.97 Å². The number of cyclic esters (lactones) is 1. The van der Waals surface area contributed by atoms with Gasteiger partial charge in [0, 0.05) is 26.1 Å². The van der Waals surface area contributed by atoms with Crippen LogP contribution in [0.4, 0.5) is 5.69 Å². The number of carbonyl (C=O) groups excluding carboxylic acids is 1. The Balaban J connectivity index is 1.68. The van der Waals surface area contributed by atoms with E-state index in [0.29, 0.717) is 24.1 Å². The van der Waals surface area contributed by atoms with Crippen LogP contribution >= 0.6 is 0 Å². The molecule has 0 bridgehead atoms. The van der Waals surface area contributed by atoms with Crippen molar-refractivity contribution in [3.05, 3.63) is 89.1 Å². The first-order valence-electron chi connectivity index (χ1n) is 13.6. The third-order valence-corrected chi connectivity index (χ3v) is 8.60. The van der Waals surface area contributed by atoms with Crippen LogP contribution in [0, 0.1) is 0 Å². The SMILES string of the molecule is CCCC1(CCc2ccccc2)CC(O)=C(Cc2c(NS(=O)(=O)c3cn(C)cn3)cccc2C(C)(C)C)C(=O)O1. The van der Waals surface area contributed by atoms with E-state index in [0.717, 1.165) is 24.0 Å². The van der Waals surface area contributed by atoms with Gasteiger partial charge in [0.2, 0.25) is 0 Å². The van der Waals surface area contributed by atoms with E-state index < -0.39 is 21.6 Å². The number of imidazole rings is 1. The summed E-state index contributed by atoms with van der Waals surface area (Å²) in [5, 5.41) is 11.2. The molecule has 40 heavy (non-hydrogen) atoms. The van der Waals surface area contributed by atoms with Crippen molar-refractivity contribution in [2.45, 2.75) is 82.3 Å². The van der Waals surface area contributed by atoms with Crippen molar-refractivity contribution < 1.29 is 23.1 Å². The van der Waals surface area contributed by atoms with Crippen molar-refractivity contribution in [2.75, 3.05) is 4.72 Å². The highest BCUT2D eigenvalue weighted by atomic mass is 32.2. The van der Waals surface area contributed by atoms with Crippen molar-refractivity contribution in [3.8, 4) is 0 Å². The number of ether oxygens (including phenoxy) is 1. The second kappa shape index (κ2) is 11.5. The highest BCUT2D eigenvalue weighted by Gasteiger charge is 2.41. The first-order valence-corrected chi connectivity index (χ1v) is 15.1. The summed E-state index contributed by atoms with van der Waals surface area (Å²) >= 11 is 0. The average Bonchev–Trinajstić information content (AvgIpc) is 3.33. The number of benzene rings is 2. The Bertz CT molecular complexity index is 1500. The summed E-state index contributed by atoms with van der Waals surface area (Å²) in [7, 11) is -2.29. The molecule has 2 N–H and O–H groups in total. The maximum absolute atomic E-state index is 13.5. The number of carbonyl (C=O) groups is 1. The number of aliphatic hydroxyl groups excluding tert-OH is 1. The van der Waals surface area contributed by atoms with E-state index in [1.807, 2.05) is 64.1 Å². The molecule has 9 heteroatoms. The highest BCUT2D eigenvalue weighted by molar-refractivity contribution is 7.92. The Morgan fingerprint density at radius 1 is 1.10 bits per heavy atom. The van der Waals surface area contributed by atoms with Crippen LogP contribution in [-0.2, 0) is 44.9 Å². The fourth-order valence-corrected chi connectivity index (χ4v) is 6.43. The van der Waals surface area contributed by atoms with Crippen LogP contribution in [0.2, 0.25) is 0 Å². The van der Waals surface area contributed by atoms with Crippen molar-refractivity contribution in [1.29, 1.82) is 0 Å². The van der Waals surface area contributed by atoms with Gasteiger partial charge in [-0.25, -0.2) is 9.78 Å². The molecule has 2 heterocycles. The third kappa shape index (κ3) is 6.58. The normalized spacial score (nSPS) is 18.1. The van der Waals surface area contributed by atoms with Gasteiger partial charge in [0.05, 0.1) is 17.6 Å². The van der Waals surface area contributed by atoms with Crippen LogP contribution in [0.1, 0.15) is 70.1 Å². The minimum absolute atomic E-state index is 0.00000658. The van der Waals surface area contributed by atoms with Crippen LogP contribution in [0.3, 0.4) is 0 Å². The summed E-state index contributed by atoms with van der Waals surface area (Å²) in [5.41, 5.74) is 1.95. The maximum Gasteiger partial charge on any atom is 0.338 e. The van der Waals surface area contributed by atoms with Crippen LogP contribution < -0.4 is 4.72 Å². The van der Waals surface area contributed by atoms with Gasteiger partial charge in [-0.05, 0) is 47.4 Å². The molecular formula is C31H39N3O5S. The summed E-state index contributed by atoms with van der Waals surface area (Å²) in [6.07, 6.45) is 5.85. The van der Waals surface area contributed by atoms with Gasteiger partial charge in [-0.1, -0.05) is 76.6 Å². The van der Waals surface area contributed by atoms with Gasteiger partial charge in [0.1, 0.15) is 11.4 Å². The minimum atomic E-state index is -3.98. The number of aromatic nitrogens is 2. The molecule has 4 rings (SSSR count). The summed E-state index contributed by atoms with van der Waals surface area (Å²) in [6, 6.07) is 15.4. The fourth-order valence-electron chi connectivity index (χ4n) is 5.35. The number of nitrogens with zero attached hydrogens (tertiary/aromatic N) is 2. The van der Waals surface area contributed by atoms with E-state index in [1.54, 1.807) is 23.7 Å². The van der Waals surface area contributed by atoms with Gasteiger partial charge < -0.3 is 14.4 Å². The van der Waals surface area contributed by atoms with Gasteiger partial charge in [0.15, 0.2) is 5.03 Å². The number of anilines is 1. The first-order chi connectivity index (χ1) is 18.8. The molecule has 2 aromatic carbocycles. The lowest BCUT2D eigenvalue weighted by Gasteiger charge is -2.37. The molecule has 1 aliphatic heterocycles. The van der Waals surface area contributed by atoms with Gasteiger partial charge in [-0.3, -0.25) is 4.72 Å². The molecule has 3 aromatic rings. The second-order valence-electron chi connectivity index (χ2n) is 11.7. The summed E-state index contributed by atoms with van der Waals surface area (Å²) in [6.45, 7) is 8.10. The number of aliphatic hydroxyl groups is 1. The zero-order valence-corrected chi connectivity index (χ0v) is 24.7. The molecule has 0 radical (unpaired) electrons. The first kappa shape index (κ1) is 29.4. The van der Waals surface area contributed by atoms with Crippen molar-refractivity contribution in [1.82, 2.24) is 9.55 Å². The molecule has 0 aliphatic carbocycles. The number of esters is 1. The highest BCUT2D eigenvalue weighted by Crippen LogP contribution is 2.40. The Morgan fingerprint density at radius 2 is 1.82 bits per heavy atom. The van der Waals surface area contributed by atoms with Crippen LogP contribution in [0.5, 0.6) is 0 Å². The molecule has 0 saturated heterocycles. The van der Waals surface area contributed by atoms with Gasteiger partial charge in [0.25, 0.3) is 10.0 Å². The van der Waals surface area contributed by atoms with Crippen LogP contribution in [-0.4, -0.2) is 34.6 Å². The molecule has 1 aliphatic rings. The molecule has 214 valence electrons. The quantitative estimate of drug-likeness (QED) is 0.292. The van der Waals surface area contributed by atoms with Crippen LogP contribution in [0.15, 0.2) is 77.4 Å². The molecule has 0 spiro atoms. The zero-order valence-electron chi connectivity index (χ0n) is 23.9. The van der Waals surface area contributed by atoms with Gasteiger partial charge in [-0.2, -0.15) is 8.42 Å². The standard InChI is InChI=1S/C31H39N3O5S/c1-6-16-31(17-15-22-11-8-7-9-12-22)19-27(35)24(29(36)39-31)18-23-25(30(2,3)4)13-10-14-26(23)33-40(37,38)28-20-34(5)21-32-28/h7-14,20-21,33,35H,6,15-19H2,1-5H3. The van der Waals surface area contributed by atoms with Crippen molar-refractivity contribution in [3.63, 3.8) is 0 Å². The Hall–Kier alpha value is -3.59. The molecular weight excluding hydrogens is 526 g/mol. The monoisotopic (exact) mass is 565 g/mol. The Labute approximate surface area is 237 Å². The number of hydrogen-bond acceptors (Lipinski definition) is 6. The lowest BCUT2D eigenvalue weighted by Crippen LogP contribution is -2.41. The lowest BCUT2D eigenvalue weighted by molar-refractivity contribution is -0.160. The summed E-state index contributed by atoms with van der Waals surface area (Å²) in [4.78, 5) is 17.5. The Morgan fingerprint density at radius 3 is 2.42 bits per heavy atom. The smallest absolute Gasteiger partial charge is 0.338 e.